The molecule has 2 N–H and O–H groups in total. The van der Waals surface area contributed by atoms with Gasteiger partial charge in [0.25, 0.3) is 0 Å². The van der Waals surface area contributed by atoms with E-state index in [0.29, 0.717) is 6.04 Å². The van der Waals surface area contributed by atoms with Crippen LogP contribution >= 0.6 is 11.3 Å². The third-order valence-corrected chi connectivity index (χ3v) is 5.02. The first kappa shape index (κ1) is 15.0. The van der Waals surface area contributed by atoms with Crippen LogP contribution in [0.3, 0.4) is 0 Å². The van der Waals surface area contributed by atoms with E-state index in [1.807, 2.05) is 11.3 Å². The van der Waals surface area contributed by atoms with E-state index in [9.17, 15) is 0 Å². The van der Waals surface area contributed by atoms with E-state index < -0.39 is 0 Å². The van der Waals surface area contributed by atoms with Crippen molar-refractivity contribution in [1.29, 1.82) is 0 Å². The highest BCUT2D eigenvalue weighted by molar-refractivity contribution is 7.10. The van der Waals surface area contributed by atoms with Crippen molar-refractivity contribution >= 4 is 11.3 Å². The molecule has 4 heteroatoms. The van der Waals surface area contributed by atoms with Crippen LogP contribution in [0, 0.1) is 5.92 Å². The Hall–Kier alpha value is -0.420. The molecule has 2 heterocycles. The van der Waals surface area contributed by atoms with E-state index in [2.05, 4.69) is 36.4 Å². The van der Waals surface area contributed by atoms with Crippen LogP contribution in [0.15, 0.2) is 17.5 Å². The Morgan fingerprint density at radius 1 is 1.47 bits per heavy atom. The molecule has 0 saturated carbocycles. The summed E-state index contributed by atoms with van der Waals surface area (Å²) in [6, 6.07) is 4.90. The van der Waals surface area contributed by atoms with Gasteiger partial charge in [-0.2, -0.15) is 0 Å². The lowest BCUT2D eigenvalue weighted by Gasteiger charge is -2.35. The maximum absolute atomic E-state index is 6.35. The lowest BCUT2D eigenvalue weighted by molar-refractivity contribution is 0.0484. The molecule has 0 amide bonds. The lowest BCUT2D eigenvalue weighted by Crippen LogP contribution is -2.41. The second-order valence-corrected chi connectivity index (χ2v) is 6.51. The number of likely N-dealkylation sites (N-methyl/N-ethyl adjacent to an activating group) is 1. The van der Waals surface area contributed by atoms with Crippen LogP contribution in [0.25, 0.3) is 0 Å². The Morgan fingerprint density at radius 2 is 2.21 bits per heavy atom. The highest BCUT2D eigenvalue weighted by Gasteiger charge is 2.26. The normalized spacial score (nSPS) is 20.6. The quantitative estimate of drug-likeness (QED) is 0.872. The molecule has 0 bridgehead atoms. The fourth-order valence-corrected chi connectivity index (χ4v) is 3.85. The van der Waals surface area contributed by atoms with Gasteiger partial charge in [0.15, 0.2) is 0 Å². The number of nitrogens with two attached hydrogens (primary N) is 1. The number of ether oxygens (including phenoxy) is 1. The Balaban J connectivity index is 2.00. The Labute approximate surface area is 120 Å². The van der Waals surface area contributed by atoms with Crippen LogP contribution in [0.1, 0.15) is 37.1 Å². The van der Waals surface area contributed by atoms with Crippen molar-refractivity contribution in [2.75, 3.05) is 26.8 Å². The van der Waals surface area contributed by atoms with E-state index in [1.165, 1.54) is 17.7 Å². The van der Waals surface area contributed by atoms with Gasteiger partial charge in [0.2, 0.25) is 0 Å². The van der Waals surface area contributed by atoms with Gasteiger partial charge in [0.05, 0.1) is 6.04 Å². The van der Waals surface area contributed by atoms with Crippen LogP contribution in [0.2, 0.25) is 0 Å². The monoisotopic (exact) mass is 282 g/mol. The fourth-order valence-electron chi connectivity index (χ4n) is 2.89. The van der Waals surface area contributed by atoms with E-state index in [1.54, 1.807) is 0 Å². The molecule has 3 nitrogen and oxygen atoms in total. The summed E-state index contributed by atoms with van der Waals surface area (Å²) in [5.74, 6) is 0.755. The molecule has 1 aliphatic rings. The molecular weight excluding hydrogens is 256 g/mol. The summed E-state index contributed by atoms with van der Waals surface area (Å²) in [6.45, 7) is 5.14. The van der Waals surface area contributed by atoms with Gasteiger partial charge >= 0.3 is 0 Å². The van der Waals surface area contributed by atoms with Crippen molar-refractivity contribution in [2.45, 2.75) is 38.3 Å². The molecule has 1 saturated heterocycles. The van der Waals surface area contributed by atoms with Crippen LogP contribution in [-0.4, -0.2) is 37.7 Å². The summed E-state index contributed by atoms with van der Waals surface area (Å²) >= 11 is 1.82. The summed E-state index contributed by atoms with van der Waals surface area (Å²) in [5.41, 5.74) is 6.35. The summed E-state index contributed by atoms with van der Waals surface area (Å²) in [5, 5.41) is 2.15. The molecular formula is C15H26N2OS. The SMILES string of the molecule is CCC(N)C(c1cccs1)N(C)CC1CCOCC1. The number of rotatable bonds is 6. The minimum atomic E-state index is 0.212. The second kappa shape index (κ2) is 7.39. The van der Waals surface area contributed by atoms with Crippen molar-refractivity contribution in [2.24, 2.45) is 11.7 Å². The highest BCUT2D eigenvalue weighted by atomic mass is 32.1. The van der Waals surface area contributed by atoms with Gasteiger partial charge in [-0.3, -0.25) is 4.90 Å². The molecule has 0 aliphatic carbocycles. The van der Waals surface area contributed by atoms with Crippen molar-refractivity contribution in [3.05, 3.63) is 22.4 Å². The standard InChI is InChI=1S/C15H26N2OS/c1-3-13(16)15(14-5-4-10-19-14)17(2)11-12-6-8-18-9-7-12/h4-5,10,12-13,15H,3,6-9,11,16H2,1-2H3. The van der Waals surface area contributed by atoms with E-state index in [4.69, 9.17) is 10.5 Å². The Bertz CT molecular complexity index is 349. The largest absolute Gasteiger partial charge is 0.381 e. The predicted octanol–water partition coefficient (Wildman–Crippen LogP) is 2.88. The molecule has 1 aliphatic heterocycles. The number of hydrogen-bond donors (Lipinski definition) is 1. The Morgan fingerprint density at radius 3 is 2.79 bits per heavy atom. The van der Waals surface area contributed by atoms with E-state index in [-0.39, 0.29) is 6.04 Å². The fraction of sp³-hybridized carbons (Fsp3) is 0.733. The minimum absolute atomic E-state index is 0.212. The molecule has 108 valence electrons. The third-order valence-electron chi connectivity index (χ3n) is 4.07. The molecule has 0 aromatic carbocycles. The van der Waals surface area contributed by atoms with Gasteiger partial charge in [-0.05, 0) is 43.7 Å². The maximum Gasteiger partial charge on any atom is 0.0590 e. The van der Waals surface area contributed by atoms with Crippen LogP contribution in [0.4, 0.5) is 0 Å². The van der Waals surface area contributed by atoms with Gasteiger partial charge in [-0.25, -0.2) is 0 Å². The molecule has 0 radical (unpaired) electrons. The zero-order valence-electron chi connectivity index (χ0n) is 12.0. The zero-order valence-corrected chi connectivity index (χ0v) is 12.9. The van der Waals surface area contributed by atoms with Gasteiger partial charge in [0, 0.05) is 30.7 Å². The van der Waals surface area contributed by atoms with Crippen LogP contribution in [-0.2, 0) is 4.74 Å². The second-order valence-electron chi connectivity index (χ2n) is 5.53. The number of nitrogens with zero attached hydrogens (tertiary/aromatic N) is 1. The van der Waals surface area contributed by atoms with Crippen molar-refractivity contribution in [3.63, 3.8) is 0 Å². The molecule has 2 unspecified atom stereocenters. The van der Waals surface area contributed by atoms with Gasteiger partial charge in [-0.15, -0.1) is 11.3 Å². The van der Waals surface area contributed by atoms with Crippen molar-refractivity contribution < 1.29 is 4.74 Å². The average Bonchev–Trinajstić information content (AvgIpc) is 2.93. The van der Waals surface area contributed by atoms with E-state index >= 15 is 0 Å². The number of hydrogen-bond acceptors (Lipinski definition) is 4. The first-order chi connectivity index (χ1) is 9.22. The van der Waals surface area contributed by atoms with E-state index in [0.717, 1.165) is 32.1 Å². The molecule has 1 fully saturated rings. The molecule has 0 spiro atoms. The first-order valence-electron chi connectivity index (χ1n) is 7.29. The first-order valence-corrected chi connectivity index (χ1v) is 8.17. The molecule has 2 atom stereocenters. The average molecular weight is 282 g/mol. The smallest absolute Gasteiger partial charge is 0.0590 e. The molecule has 1 aromatic heterocycles. The summed E-state index contributed by atoms with van der Waals surface area (Å²) in [4.78, 5) is 3.85. The minimum Gasteiger partial charge on any atom is -0.381 e. The van der Waals surface area contributed by atoms with Crippen LogP contribution < -0.4 is 5.73 Å². The molecule has 19 heavy (non-hydrogen) atoms. The molecule has 1 aromatic rings. The van der Waals surface area contributed by atoms with Gasteiger partial charge in [0.1, 0.15) is 0 Å². The predicted molar refractivity (Wildman–Crippen MR) is 81.5 cm³/mol. The Kier molecular flexibility index (Phi) is 5.82. The van der Waals surface area contributed by atoms with Gasteiger partial charge in [-0.1, -0.05) is 13.0 Å². The zero-order chi connectivity index (χ0) is 13.7. The maximum atomic E-state index is 6.35. The van der Waals surface area contributed by atoms with Crippen molar-refractivity contribution in [1.82, 2.24) is 4.90 Å². The summed E-state index contributed by atoms with van der Waals surface area (Å²) in [7, 11) is 2.22. The summed E-state index contributed by atoms with van der Waals surface area (Å²) in [6.07, 6.45) is 3.38. The van der Waals surface area contributed by atoms with Gasteiger partial charge < -0.3 is 10.5 Å². The molecule has 2 rings (SSSR count). The topological polar surface area (TPSA) is 38.5 Å². The summed E-state index contributed by atoms with van der Waals surface area (Å²) < 4.78 is 5.44. The third kappa shape index (κ3) is 4.02. The lowest BCUT2D eigenvalue weighted by atomic mass is 9.97. The highest BCUT2D eigenvalue weighted by Crippen LogP contribution is 2.29. The number of thiophene rings is 1. The van der Waals surface area contributed by atoms with Crippen molar-refractivity contribution in [3.8, 4) is 0 Å². The van der Waals surface area contributed by atoms with Crippen LogP contribution in [0.5, 0.6) is 0 Å².